The quantitative estimate of drug-likeness (QED) is 0.432. The van der Waals surface area contributed by atoms with Crippen LogP contribution in [0.5, 0.6) is 5.75 Å². The summed E-state index contributed by atoms with van der Waals surface area (Å²) < 4.78 is 29.2. The number of nitrogens with one attached hydrogen (secondary N) is 1. The van der Waals surface area contributed by atoms with Crippen LogP contribution in [0.15, 0.2) is 36.4 Å². The first kappa shape index (κ1) is 25.0. The van der Waals surface area contributed by atoms with Gasteiger partial charge in [-0.25, -0.2) is 0 Å². The van der Waals surface area contributed by atoms with Crippen molar-refractivity contribution >= 4 is 16.5 Å². The summed E-state index contributed by atoms with van der Waals surface area (Å²) >= 11 is 0. The summed E-state index contributed by atoms with van der Waals surface area (Å²) in [5.74, 6) is 0.313. The fourth-order valence-corrected chi connectivity index (χ4v) is 3.64. The Balaban J connectivity index is 0.00000204. The van der Waals surface area contributed by atoms with Crippen molar-refractivity contribution in [2.45, 2.75) is 66.5 Å². The average Bonchev–Trinajstić information content (AvgIpc) is 2.73. The van der Waals surface area contributed by atoms with Gasteiger partial charge in [0.1, 0.15) is 5.75 Å². The summed E-state index contributed by atoms with van der Waals surface area (Å²) in [6, 6.07) is 11.2. The molecule has 2 aromatic rings. The van der Waals surface area contributed by atoms with Gasteiger partial charge in [-0.3, -0.25) is 0 Å². The molecule has 0 aliphatic rings. The van der Waals surface area contributed by atoms with Crippen LogP contribution in [-0.4, -0.2) is 36.9 Å². The van der Waals surface area contributed by atoms with E-state index >= 15 is 0 Å². The van der Waals surface area contributed by atoms with Crippen molar-refractivity contribution in [1.29, 1.82) is 5.41 Å². The number of hydrogen-bond donors (Lipinski definition) is 1. The summed E-state index contributed by atoms with van der Waals surface area (Å²) in [5, 5.41) is 10.4. The molecule has 0 spiro atoms. The molecule has 3 nitrogen and oxygen atoms in total. The largest absolute Gasteiger partial charge is 0.435 e. The van der Waals surface area contributed by atoms with Gasteiger partial charge >= 0.3 is 6.61 Å². The van der Waals surface area contributed by atoms with E-state index in [9.17, 15) is 8.78 Å². The summed E-state index contributed by atoms with van der Waals surface area (Å²) in [6.45, 7) is 8.56. The van der Waals surface area contributed by atoms with Crippen LogP contribution < -0.4 is 4.74 Å². The molecular weight excluding hydrogens is 370 g/mol. The first-order valence-electron chi connectivity index (χ1n) is 10.7. The van der Waals surface area contributed by atoms with E-state index < -0.39 is 6.61 Å². The fourth-order valence-electron chi connectivity index (χ4n) is 3.64. The molecule has 0 aliphatic carbocycles. The predicted octanol–water partition coefficient (Wildman–Crippen LogP) is 6.98. The second-order valence-electron chi connectivity index (χ2n) is 7.03. The molecule has 5 heteroatoms. The van der Waals surface area contributed by atoms with E-state index in [-0.39, 0.29) is 11.7 Å². The Morgan fingerprint density at radius 1 is 0.966 bits per heavy atom. The lowest BCUT2D eigenvalue weighted by atomic mass is 9.92. The highest BCUT2D eigenvalue weighted by atomic mass is 19.3. The van der Waals surface area contributed by atoms with Crippen LogP contribution in [0.1, 0.15) is 59.4 Å². The first-order valence-corrected chi connectivity index (χ1v) is 10.7. The molecule has 1 unspecified atom stereocenters. The van der Waals surface area contributed by atoms with Crippen LogP contribution in [0.25, 0.3) is 10.8 Å². The van der Waals surface area contributed by atoms with Crippen molar-refractivity contribution in [3.8, 4) is 5.75 Å². The molecule has 0 saturated heterocycles. The molecule has 0 aromatic heterocycles. The maximum absolute atomic E-state index is 12.4. The van der Waals surface area contributed by atoms with Gasteiger partial charge in [0.05, 0.1) is 0 Å². The van der Waals surface area contributed by atoms with E-state index in [0.717, 1.165) is 42.1 Å². The monoisotopic (exact) mass is 406 g/mol. The van der Waals surface area contributed by atoms with Gasteiger partial charge in [0.15, 0.2) is 0 Å². The van der Waals surface area contributed by atoms with E-state index in [4.69, 9.17) is 5.41 Å². The lowest BCUT2D eigenvalue weighted by Gasteiger charge is -2.30. The molecule has 0 saturated carbocycles. The Kier molecular flexibility index (Phi) is 10.8. The molecule has 0 amide bonds. The van der Waals surface area contributed by atoms with Crippen molar-refractivity contribution in [2.75, 3.05) is 13.6 Å². The van der Waals surface area contributed by atoms with Crippen LogP contribution in [0, 0.1) is 11.3 Å². The van der Waals surface area contributed by atoms with E-state index in [1.54, 1.807) is 18.2 Å². The average molecular weight is 407 g/mol. The second kappa shape index (κ2) is 12.5. The number of halogens is 2. The zero-order valence-corrected chi connectivity index (χ0v) is 18.6. The smallest absolute Gasteiger partial charge is 0.387 e. The zero-order chi connectivity index (χ0) is 22.0. The molecule has 0 fully saturated rings. The number of ether oxygens (including phenoxy) is 1. The van der Waals surface area contributed by atoms with Gasteiger partial charge in [0.25, 0.3) is 0 Å². The van der Waals surface area contributed by atoms with Gasteiger partial charge in [-0.1, -0.05) is 52.8 Å². The zero-order valence-electron chi connectivity index (χ0n) is 18.6. The van der Waals surface area contributed by atoms with Crippen molar-refractivity contribution in [1.82, 2.24) is 4.90 Å². The second-order valence-corrected chi connectivity index (χ2v) is 7.03. The van der Waals surface area contributed by atoms with Crippen molar-refractivity contribution in [3.63, 3.8) is 0 Å². The Bertz CT molecular complexity index is 760. The van der Waals surface area contributed by atoms with Gasteiger partial charge < -0.3 is 15.0 Å². The third kappa shape index (κ3) is 7.07. The maximum Gasteiger partial charge on any atom is 0.387 e. The highest BCUT2D eigenvalue weighted by Crippen LogP contribution is 2.25. The minimum atomic E-state index is -2.83. The number of alkyl halides is 2. The van der Waals surface area contributed by atoms with Crippen LogP contribution in [-0.2, 0) is 0 Å². The molecule has 1 atom stereocenters. The molecule has 1 N–H and O–H groups in total. The molecule has 29 heavy (non-hydrogen) atoms. The minimum absolute atomic E-state index is 0.151. The van der Waals surface area contributed by atoms with Crippen LogP contribution in [0.2, 0.25) is 0 Å². The van der Waals surface area contributed by atoms with Crippen LogP contribution >= 0.6 is 0 Å². The summed E-state index contributed by atoms with van der Waals surface area (Å²) in [7, 11) is 2.14. The van der Waals surface area contributed by atoms with E-state index in [1.807, 2.05) is 32.0 Å². The number of nitrogens with zero attached hydrogens (tertiary/aromatic N) is 1. The lowest BCUT2D eigenvalue weighted by molar-refractivity contribution is -0.0497. The summed E-state index contributed by atoms with van der Waals surface area (Å²) in [4.78, 5) is 2.36. The Morgan fingerprint density at radius 2 is 1.55 bits per heavy atom. The molecule has 0 bridgehead atoms. The molecule has 0 aliphatic heterocycles. The third-order valence-corrected chi connectivity index (χ3v) is 5.32. The Morgan fingerprint density at radius 3 is 2.10 bits per heavy atom. The van der Waals surface area contributed by atoms with E-state index in [1.165, 1.54) is 0 Å². The molecule has 2 aromatic carbocycles. The van der Waals surface area contributed by atoms with Crippen molar-refractivity contribution in [2.24, 2.45) is 5.92 Å². The first-order chi connectivity index (χ1) is 13.9. The van der Waals surface area contributed by atoms with E-state index in [2.05, 4.69) is 37.5 Å². The van der Waals surface area contributed by atoms with Gasteiger partial charge in [-0.15, -0.1) is 0 Å². The van der Waals surface area contributed by atoms with E-state index in [0.29, 0.717) is 11.8 Å². The molecule has 0 radical (unpaired) electrons. The minimum Gasteiger partial charge on any atom is -0.435 e. The van der Waals surface area contributed by atoms with Crippen LogP contribution in [0.4, 0.5) is 8.78 Å². The summed E-state index contributed by atoms with van der Waals surface area (Å²) in [5.41, 5.74) is 1.51. The maximum atomic E-state index is 12.4. The standard InChI is InChI=1S/C22H30F2N2O.C2H6/c1-5-15(14-26(4)19(6-2)7-3)21(25)18-9-8-17-13-20(27-22(23)24)11-10-16(17)12-18;1-2/h8-13,15,19,22,25H,5-7,14H2,1-4H3;1-2H3. The molecular formula is C24H36F2N2O. The molecule has 0 heterocycles. The highest BCUT2D eigenvalue weighted by Gasteiger charge is 2.20. The third-order valence-electron chi connectivity index (χ3n) is 5.32. The SMILES string of the molecule is CC.CCC(CN(C)C(CC)CC)C(=N)c1ccc2cc(OC(F)F)ccc2c1. The fraction of sp³-hybridized carbons (Fsp3) is 0.542. The van der Waals surface area contributed by atoms with Crippen molar-refractivity contribution in [3.05, 3.63) is 42.0 Å². The van der Waals surface area contributed by atoms with Gasteiger partial charge in [-0.2, -0.15) is 8.78 Å². The van der Waals surface area contributed by atoms with Crippen molar-refractivity contribution < 1.29 is 13.5 Å². The Hall–Kier alpha value is -2.01. The number of benzene rings is 2. The Labute approximate surface area is 174 Å². The number of rotatable bonds is 10. The molecule has 2 rings (SSSR count). The van der Waals surface area contributed by atoms with Crippen LogP contribution in [0.3, 0.4) is 0 Å². The number of hydrogen-bond acceptors (Lipinski definition) is 3. The normalized spacial score (nSPS) is 12.2. The lowest BCUT2D eigenvalue weighted by Crippen LogP contribution is -2.37. The van der Waals surface area contributed by atoms with Gasteiger partial charge in [0, 0.05) is 24.2 Å². The highest BCUT2D eigenvalue weighted by molar-refractivity contribution is 6.03. The van der Waals surface area contributed by atoms with Gasteiger partial charge in [0.2, 0.25) is 0 Å². The number of fused-ring (bicyclic) bond motifs is 1. The summed E-state index contributed by atoms with van der Waals surface area (Å²) in [6.07, 6.45) is 3.12. The molecule has 162 valence electrons. The predicted molar refractivity (Wildman–Crippen MR) is 120 cm³/mol. The topological polar surface area (TPSA) is 36.3 Å². The van der Waals surface area contributed by atoms with Gasteiger partial charge in [-0.05, 0) is 60.8 Å².